The summed E-state index contributed by atoms with van der Waals surface area (Å²) in [7, 11) is 0. The lowest BCUT2D eigenvalue weighted by Gasteiger charge is -2.07. The zero-order chi connectivity index (χ0) is 16.9. The third-order valence-electron chi connectivity index (χ3n) is 3.76. The Kier molecular flexibility index (Phi) is 4.44. The Hall–Kier alpha value is -3.32. The van der Waals surface area contributed by atoms with Gasteiger partial charge in [-0.1, -0.05) is 54.6 Å². The minimum absolute atomic E-state index is 0.284. The highest BCUT2D eigenvalue weighted by Gasteiger charge is 2.20. The van der Waals surface area contributed by atoms with Crippen molar-refractivity contribution in [1.29, 1.82) is 5.26 Å². The summed E-state index contributed by atoms with van der Waals surface area (Å²) in [5, 5.41) is 9.32. The lowest BCUT2D eigenvalue weighted by molar-refractivity contribution is 0.0521. The first-order valence-electron chi connectivity index (χ1n) is 7.69. The molecule has 0 spiro atoms. The first kappa shape index (κ1) is 15.6. The second kappa shape index (κ2) is 6.84. The summed E-state index contributed by atoms with van der Waals surface area (Å²) < 4.78 is 5.06. The molecule has 118 valence electrons. The molecule has 0 bridgehead atoms. The number of carbonyl (C=O) groups excluding carboxylic acids is 1. The van der Waals surface area contributed by atoms with Crippen molar-refractivity contribution in [3.05, 3.63) is 72.1 Å². The number of nitrogens with one attached hydrogen (secondary N) is 1. The van der Waals surface area contributed by atoms with Crippen molar-refractivity contribution in [3.8, 4) is 28.3 Å². The highest BCUT2D eigenvalue weighted by molar-refractivity contribution is 5.97. The van der Waals surface area contributed by atoms with Crippen LogP contribution in [-0.2, 0) is 4.74 Å². The number of nitriles is 1. The van der Waals surface area contributed by atoms with Crippen LogP contribution in [0.1, 0.15) is 23.0 Å². The van der Waals surface area contributed by atoms with Gasteiger partial charge in [-0.25, -0.2) is 4.79 Å². The molecule has 4 heteroatoms. The van der Waals surface area contributed by atoms with E-state index in [-0.39, 0.29) is 6.61 Å². The van der Waals surface area contributed by atoms with E-state index in [1.54, 1.807) is 6.92 Å². The van der Waals surface area contributed by atoms with Gasteiger partial charge in [0.05, 0.1) is 12.2 Å². The van der Waals surface area contributed by atoms with E-state index in [1.165, 1.54) is 6.20 Å². The van der Waals surface area contributed by atoms with Crippen molar-refractivity contribution < 1.29 is 9.53 Å². The number of hydrogen-bond donors (Lipinski definition) is 1. The fourth-order valence-corrected chi connectivity index (χ4v) is 2.64. The summed E-state index contributed by atoms with van der Waals surface area (Å²) in [6, 6.07) is 19.9. The van der Waals surface area contributed by atoms with Crippen molar-refractivity contribution in [2.75, 3.05) is 6.61 Å². The van der Waals surface area contributed by atoms with Crippen LogP contribution in [-0.4, -0.2) is 17.6 Å². The summed E-state index contributed by atoms with van der Waals surface area (Å²) >= 11 is 0. The topological polar surface area (TPSA) is 65.9 Å². The molecule has 2 aromatic carbocycles. The van der Waals surface area contributed by atoms with Gasteiger partial charge in [-0.3, -0.25) is 0 Å². The Morgan fingerprint density at radius 2 is 1.67 bits per heavy atom. The van der Waals surface area contributed by atoms with Crippen LogP contribution in [0.2, 0.25) is 0 Å². The van der Waals surface area contributed by atoms with Gasteiger partial charge in [-0.15, -0.1) is 0 Å². The lowest BCUT2D eigenvalue weighted by Crippen LogP contribution is -2.06. The number of nitrogens with zero attached hydrogens (tertiary/aromatic N) is 1. The van der Waals surface area contributed by atoms with Gasteiger partial charge in [0.2, 0.25) is 0 Å². The molecule has 0 aliphatic carbocycles. The quantitative estimate of drug-likeness (QED) is 0.726. The number of aromatic amines is 1. The molecule has 1 aromatic heterocycles. The summed E-state index contributed by atoms with van der Waals surface area (Å²) in [4.78, 5) is 15.0. The fraction of sp³-hybridized carbons (Fsp3) is 0.100. The van der Waals surface area contributed by atoms with E-state index in [0.29, 0.717) is 16.8 Å². The second-order valence-corrected chi connectivity index (χ2v) is 5.23. The van der Waals surface area contributed by atoms with Crippen molar-refractivity contribution in [2.24, 2.45) is 0 Å². The molecular formula is C20H16N2O2. The normalized spacial score (nSPS) is 10.2. The number of esters is 1. The van der Waals surface area contributed by atoms with E-state index < -0.39 is 5.97 Å². The largest absolute Gasteiger partial charge is 0.461 e. The molecule has 0 unspecified atom stereocenters. The van der Waals surface area contributed by atoms with Crippen LogP contribution in [0.3, 0.4) is 0 Å². The average molecular weight is 316 g/mol. The summed E-state index contributed by atoms with van der Waals surface area (Å²) in [6.07, 6.45) is 1.53. The second-order valence-electron chi connectivity index (χ2n) is 5.23. The number of carbonyl (C=O) groups is 1. The van der Waals surface area contributed by atoms with E-state index >= 15 is 0 Å². The molecule has 0 fully saturated rings. The van der Waals surface area contributed by atoms with E-state index in [4.69, 9.17) is 4.74 Å². The highest BCUT2D eigenvalue weighted by atomic mass is 16.5. The molecule has 0 aliphatic rings. The maximum absolute atomic E-state index is 12.1. The molecule has 3 aromatic rings. The Labute approximate surface area is 140 Å². The number of hydrogen-bond acceptors (Lipinski definition) is 3. The number of rotatable bonds is 4. The smallest absolute Gasteiger partial charge is 0.355 e. The Bertz CT molecular complexity index is 888. The summed E-state index contributed by atoms with van der Waals surface area (Å²) in [5.41, 5.74) is 4.30. The molecule has 3 rings (SSSR count). The number of ether oxygens (including phenoxy) is 1. The van der Waals surface area contributed by atoms with Gasteiger partial charge in [0.25, 0.3) is 0 Å². The minimum Gasteiger partial charge on any atom is -0.461 e. The van der Waals surface area contributed by atoms with Crippen LogP contribution in [0.15, 0.2) is 60.8 Å². The van der Waals surface area contributed by atoms with E-state index in [2.05, 4.69) is 11.1 Å². The van der Waals surface area contributed by atoms with Gasteiger partial charge in [-0.05, 0) is 23.6 Å². The Morgan fingerprint density at radius 3 is 2.29 bits per heavy atom. The van der Waals surface area contributed by atoms with Crippen molar-refractivity contribution >= 4 is 5.97 Å². The Morgan fingerprint density at radius 1 is 1.04 bits per heavy atom. The predicted octanol–water partition coefficient (Wildman–Crippen LogP) is 4.40. The van der Waals surface area contributed by atoms with Gasteiger partial charge >= 0.3 is 5.97 Å². The first-order valence-corrected chi connectivity index (χ1v) is 7.69. The third-order valence-corrected chi connectivity index (χ3v) is 3.76. The first-order chi connectivity index (χ1) is 11.7. The summed E-state index contributed by atoms with van der Waals surface area (Å²) in [6.45, 7) is 2.03. The maximum atomic E-state index is 12.1. The van der Waals surface area contributed by atoms with Crippen LogP contribution in [0.25, 0.3) is 22.3 Å². The Balaban J connectivity index is 2.02. The molecule has 0 saturated heterocycles. The van der Waals surface area contributed by atoms with Crippen LogP contribution in [0, 0.1) is 11.3 Å². The molecule has 24 heavy (non-hydrogen) atoms. The fourth-order valence-electron chi connectivity index (χ4n) is 2.64. The SMILES string of the molecule is CCOC(=O)c1[nH]cc(C#N)c1-c1ccc(-c2ccccc2)cc1. The van der Waals surface area contributed by atoms with E-state index in [1.807, 2.05) is 54.6 Å². The van der Waals surface area contributed by atoms with Gasteiger partial charge in [0.1, 0.15) is 11.8 Å². The van der Waals surface area contributed by atoms with E-state index in [9.17, 15) is 10.1 Å². The monoisotopic (exact) mass is 316 g/mol. The zero-order valence-corrected chi connectivity index (χ0v) is 13.2. The third kappa shape index (κ3) is 2.92. The zero-order valence-electron chi connectivity index (χ0n) is 13.2. The molecule has 1 heterocycles. The summed E-state index contributed by atoms with van der Waals surface area (Å²) in [5.74, 6) is -0.457. The van der Waals surface area contributed by atoms with Crippen LogP contribution in [0.5, 0.6) is 0 Å². The average Bonchev–Trinajstić information content (AvgIpc) is 3.07. The van der Waals surface area contributed by atoms with Crippen molar-refractivity contribution in [3.63, 3.8) is 0 Å². The maximum Gasteiger partial charge on any atom is 0.355 e. The van der Waals surface area contributed by atoms with Gasteiger partial charge in [0, 0.05) is 11.8 Å². The van der Waals surface area contributed by atoms with E-state index in [0.717, 1.165) is 16.7 Å². The van der Waals surface area contributed by atoms with Gasteiger partial charge in [-0.2, -0.15) is 5.26 Å². The lowest BCUT2D eigenvalue weighted by atomic mass is 9.98. The molecule has 4 nitrogen and oxygen atoms in total. The molecule has 0 atom stereocenters. The molecule has 0 radical (unpaired) electrons. The number of H-pyrrole nitrogens is 1. The van der Waals surface area contributed by atoms with Gasteiger partial charge in [0.15, 0.2) is 0 Å². The number of benzene rings is 2. The molecule has 1 N–H and O–H groups in total. The van der Waals surface area contributed by atoms with Crippen molar-refractivity contribution in [2.45, 2.75) is 6.92 Å². The number of aromatic nitrogens is 1. The highest BCUT2D eigenvalue weighted by Crippen LogP contribution is 2.30. The van der Waals surface area contributed by atoms with Crippen LogP contribution >= 0.6 is 0 Å². The molecule has 0 saturated carbocycles. The van der Waals surface area contributed by atoms with Crippen LogP contribution < -0.4 is 0 Å². The van der Waals surface area contributed by atoms with Crippen LogP contribution in [0.4, 0.5) is 0 Å². The molecule has 0 amide bonds. The van der Waals surface area contributed by atoms with Crippen molar-refractivity contribution in [1.82, 2.24) is 4.98 Å². The van der Waals surface area contributed by atoms with Gasteiger partial charge < -0.3 is 9.72 Å². The standard InChI is InChI=1S/C20H16N2O2/c1-2-24-20(23)19-18(17(12-21)13-22-19)16-10-8-15(9-11-16)14-6-4-3-5-7-14/h3-11,13,22H,2H2,1H3. The predicted molar refractivity (Wildman–Crippen MR) is 92.3 cm³/mol. The minimum atomic E-state index is -0.457. The molecular weight excluding hydrogens is 300 g/mol. The molecule has 0 aliphatic heterocycles.